The standard InChI is InChI=1S/C28H47.CH4.K/c1-19(2)20(3)10-11-21(4)24-14-15-25-23-13-12-22-9-7-8-17-27(22,5)26(23)16-18-28(24,25)6;;/h7,12,19-21,23-26H,8-11,13-18H2,1-6H3;1H4;/q-1;;+1. The average Bonchev–Trinajstić information content (AvgIpc) is 3.02. The summed E-state index contributed by atoms with van der Waals surface area (Å²) in [7, 11) is 0. The van der Waals surface area contributed by atoms with Gasteiger partial charge in [-0.3, -0.25) is 0 Å². The largest absolute Gasteiger partial charge is 1.00 e. The molecule has 0 nitrogen and oxygen atoms in total. The van der Waals surface area contributed by atoms with Crippen LogP contribution in [0.25, 0.3) is 0 Å². The molecule has 168 valence electrons. The second-order valence-corrected chi connectivity index (χ2v) is 12.3. The van der Waals surface area contributed by atoms with Gasteiger partial charge in [-0.2, -0.15) is 12.8 Å². The van der Waals surface area contributed by atoms with E-state index >= 15 is 0 Å². The van der Waals surface area contributed by atoms with Gasteiger partial charge in [0, 0.05) is 0 Å². The van der Waals surface area contributed by atoms with Crippen LogP contribution in [0, 0.1) is 58.7 Å². The molecule has 0 aromatic rings. The minimum atomic E-state index is 0. The SMILES string of the molecule is C.CC(C)C(C)CCC(C)C1CCC2C3CC=C4C[CH-]CCC4(C)C3CCC12C.[K+]. The van der Waals surface area contributed by atoms with Crippen molar-refractivity contribution >= 4 is 0 Å². The zero-order chi connectivity index (χ0) is 20.1. The van der Waals surface area contributed by atoms with Crippen molar-refractivity contribution in [1.29, 1.82) is 0 Å². The zero-order valence-corrected chi connectivity index (χ0v) is 23.9. The Labute approximate surface area is 232 Å². The van der Waals surface area contributed by atoms with Crippen molar-refractivity contribution in [3.63, 3.8) is 0 Å². The fourth-order valence-corrected chi connectivity index (χ4v) is 8.51. The Hall–Kier alpha value is 1.38. The van der Waals surface area contributed by atoms with Crippen LogP contribution in [0.4, 0.5) is 0 Å². The Balaban J connectivity index is 0.00000160. The molecular formula is C29H51K. The Bertz CT molecular complexity index is 591. The quantitative estimate of drug-likeness (QED) is 0.276. The summed E-state index contributed by atoms with van der Waals surface area (Å²) in [4.78, 5) is 0. The number of hydrogen-bond donors (Lipinski definition) is 0. The number of fused-ring (bicyclic) bond motifs is 5. The van der Waals surface area contributed by atoms with Crippen molar-refractivity contribution in [3.05, 3.63) is 18.1 Å². The average molecular weight is 439 g/mol. The Morgan fingerprint density at radius 3 is 2.43 bits per heavy atom. The molecular weight excluding hydrogens is 387 g/mol. The summed E-state index contributed by atoms with van der Waals surface area (Å²) >= 11 is 0. The van der Waals surface area contributed by atoms with Gasteiger partial charge in [0.25, 0.3) is 0 Å². The van der Waals surface area contributed by atoms with Gasteiger partial charge in [0.05, 0.1) is 0 Å². The monoisotopic (exact) mass is 438 g/mol. The van der Waals surface area contributed by atoms with Gasteiger partial charge in [-0.05, 0) is 84.4 Å². The Kier molecular flexibility index (Phi) is 9.90. The molecule has 0 aromatic carbocycles. The van der Waals surface area contributed by atoms with Crippen LogP contribution in [-0.4, -0.2) is 0 Å². The van der Waals surface area contributed by atoms with E-state index in [1.54, 1.807) is 0 Å². The first-order chi connectivity index (χ1) is 13.3. The predicted molar refractivity (Wildman–Crippen MR) is 129 cm³/mol. The number of rotatable bonds is 5. The van der Waals surface area contributed by atoms with E-state index in [4.69, 9.17) is 0 Å². The number of allylic oxidation sites excluding steroid dienone is 2. The summed E-state index contributed by atoms with van der Waals surface area (Å²) in [6, 6.07) is 0. The second-order valence-electron chi connectivity index (χ2n) is 12.3. The van der Waals surface area contributed by atoms with Crippen LogP contribution in [0.2, 0.25) is 0 Å². The van der Waals surface area contributed by atoms with Gasteiger partial charge in [0.15, 0.2) is 0 Å². The fourth-order valence-electron chi connectivity index (χ4n) is 8.51. The Morgan fingerprint density at radius 1 is 1.00 bits per heavy atom. The van der Waals surface area contributed by atoms with Crippen molar-refractivity contribution in [2.75, 3.05) is 0 Å². The van der Waals surface area contributed by atoms with Crippen molar-refractivity contribution < 1.29 is 51.4 Å². The molecule has 30 heavy (non-hydrogen) atoms. The van der Waals surface area contributed by atoms with E-state index in [9.17, 15) is 0 Å². The third-order valence-corrected chi connectivity index (χ3v) is 10.8. The van der Waals surface area contributed by atoms with E-state index in [0.29, 0.717) is 10.8 Å². The molecule has 8 unspecified atom stereocenters. The first-order valence-corrected chi connectivity index (χ1v) is 12.8. The molecule has 4 aliphatic rings. The summed E-state index contributed by atoms with van der Waals surface area (Å²) in [5.41, 5.74) is 2.98. The molecule has 0 aromatic heterocycles. The predicted octanol–water partition coefficient (Wildman–Crippen LogP) is 6.12. The topological polar surface area (TPSA) is 0 Å². The molecule has 0 amide bonds. The minimum absolute atomic E-state index is 0. The molecule has 4 rings (SSSR count). The second kappa shape index (κ2) is 10.8. The van der Waals surface area contributed by atoms with Crippen LogP contribution < -0.4 is 51.4 Å². The summed E-state index contributed by atoms with van der Waals surface area (Å²) < 4.78 is 0. The molecule has 3 fully saturated rings. The summed E-state index contributed by atoms with van der Waals surface area (Å²) in [6.45, 7) is 15.2. The van der Waals surface area contributed by atoms with Gasteiger partial charge in [0.2, 0.25) is 0 Å². The molecule has 1 heteroatoms. The number of hydrogen-bond acceptors (Lipinski definition) is 0. The first-order valence-electron chi connectivity index (χ1n) is 12.8. The third-order valence-electron chi connectivity index (χ3n) is 10.8. The van der Waals surface area contributed by atoms with E-state index in [0.717, 1.165) is 41.4 Å². The van der Waals surface area contributed by atoms with Gasteiger partial charge in [-0.1, -0.05) is 79.9 Å². The summed E-state index contributed by atoms with van der Waals surface area (Å²) in [6.07, 6.45) is 19.7. The van der Waals surface area contributed by atoms with Crippen LogP contribution in [0.3, 0.4) is 0 Å². The van der Waals surface area contributed by atoms with Crippen molar-refractivity contribution in [1.82, 2.24) is 0 Å². The zero-order valence-electron chi connectivity index (χ0n) is 20.8. The van der Waals surface area contributed by atoms with E-state index < -0.39 is 0 Å². The van der Waals surface area contributed by atoms with Crippen molar-refractivity contribution in [2.45, 2.75) is 113 Å². The summed E-state index contributed by atoms with van der Waals surface area (Å²) in [5.74, 6) is 6.59. The molecule has 0 bridgehead atoms. The molecule has 0 radical (unpaired) electrons. The smallest absolute Gasteiger partial charge is 0.325 e. The maximum absolute atomic E-state index is 2.73. The van der Waals surface area contributed by atoms with Gasteiger partial charge in [-0.25, -0.2) is 0 Å². The van der Waals surface area contributed by atoms with Crippen LogP contribution in [0.5, 0.6) is 0 Å². The third kappa shape index (κ3) is 4.78. The molecule has 0 heterocycles. The molecule has 0 aliphatic heterocycles. The molecule has 0 saturated heterocycles. The van der Waals surface area contributed by atoms with E-state index in [1.165, 1.54) is 64.2 Å². The van der Waals surface area contributed by atoms with Crippen LogP contribution in [0.15, 0.2) is 11.6 Å². The molecule has 0 spiro atoms. The molecule has 4 aliphatic carbocycles. The fraction of sp³-hybridized carbons (Fsp3) is 0.897. The van der Waals surface area contributed by atoms with Gasteiger partial charge >= 0.3 is 51.4 Å². The molecule has 0 N–H and O–H groups in total. The van der Waals surface area contributed by atoms with E-state index in [2.05, 4.69) is 54.0 Å². The van der Waals surface area contributed by atoms with Gasteiger partial charge < -0.3 is 6.42 Å². The maximum atomic E-state index is 2.73. The molecule has 3 saturated carbocycles. The van der Waals surface area contributed by atoms with Crippen LogP contribution >= 0.6 is 0 Å². The van der Waals surface area contributed by atoms with Gasteiger partial charge in [0.1, 0.15) is 0 Å². The minimum Gasteiger partial charge on any atom is -0.325 e. The van der Waals surface area contributed by atoms with Crippen LogP contribution in [-0.2, 0) is 0 Å². The maximum Gasteiger partial charge on any atom is 1.00 e. The van der Waals surface area contributed by atoms with Crippen LogP contribution in [0.1, 0.15) is 113 Å². The Morgan fingerprint density at radius 2 is 1.73 bits per heavy atom. The van der Waals surface area contributed by atoms with Gasteiger partial charge in [-0.15, -0.1) is 0 Å². The molecule has 8 atom stereocenters. The normalized spacial score (nSPS) is 42.0. The van der Waals surface area contributed by atoms with E-state index in [-0.39, 0.29) is 58.8 Å². The van der Waals surface area contributed by atoms with E-state index in [1.807, 2.05) is 5.57 Å². The summed E-state index contributed by atoms with van der Waals surface area (Å²) in [5, 5.41) is 0. The van der Waals surface area contributed by atoms with Crippen molar-refractivity contribution in [2.24, 2.45) is 52.3 Å². The van der Waals surface area contributed by atoms with Crippen molar-refractivity contribution in [3.8, 4) is 0 Å². The first kappa shape index (κ1) is 27.6.